The first-order chi connectivity index (χ1) is 6.61. The summed E-state index contributed by atoms with van der Waals surface area (Å²) in [5.41, 5.74) is -0.106. The Labute approximate surface area is 85.6 Å². The third-order valence-electron chi connectivity index (χ3n) is 1.44. The molecule has 0 atom stereocenters. The Balaban J connectivity index is 2.70. The number of aromatic nitrogens is 1. The van der Waals surface area contributed by atoms with Crippen LogP contribution in [0.5, 0.6) is 0 Å². The number of amides is 1. The lowest BCUT2D eigenvalue weighted by atomic mass is 10.2. The van der Waals surface area contributed by atoms with Gasteiger partial charge in [-0.2, -0.15) is 4.39 Å². The summed E-state index contributed by atoms with van der Waals surface area (Å²) < 4.78 is 12.9. The van der Waals surface area contributed by atoms with Crippen molar-refractivity contribution >= 4 is 17.5 Å². The Morgan fingerprint density at radius 2 is 2.43 bits per heavy atom. The summed E-state index contributed by atoms with van der Waals surface area (Å²) in [5, 5.41) is 2.67. The van der Waals surface area contributed by atoms with Crippen LogP contribution < -0.4 is 5.32 Å². The summed E-state index contributed by atoms with van der Waals surface area (Å²) in [6.45, 7) is 3.49. The number of nitrogens with one attached hydrogen (secondary N) is 1. The molecule has 0 aliphatic heterocycles. The Kier molecular flexibility index (Phi) is 3.59. The molecule has 1 rings (SSSR count). The third kappa shape index (κ3) is 2.81. The van der Waals surface area contributed by atoms with Crippen LogP contribution in [0.15, 0.2) is 29.9 Å². The molecule has 3 nitrogen and oxygen atoms in total. The number of hydrogen-bond donors (Lipinski definition) is 1. The van der Waals surface area contributed by atoms with Crippen LogP contribution in [0.2, 0.25) is 0 Å². The van der Waals surface area contributed by atoms with Crippen LogP contribution in [0.1, 0.15) is 10.4 Å². The lowest BCUT2D eigenvalue weighted by molar-refractivity contribution is 0.0952. The van der Waals surface area contributed by atoms with E-state index in [4.69, 9.17) is 11.6 Å². The lowest BCUT2D eigenvalue weighted by Crippen LogP contribution is -2.25. The van der Waals surface area contributed by atoms with Crippen molar-refractivity contribution in [3.63, 3.8) is 0 Å². The van der Waals surface area contributed by atoms with Crippen molar-refractivity contribution in [2.75, 3.05) is 6.54 Å². The second-order valence-electron chi connectivity index (χ2n) is 2.54. The molecule has 5 heteroatoms. The van der Waals surface area contributed by atoms with Crippen LogP contribution in [0.4, 0.5) is 4.39 Å². The Hall–Kier alpha value is -1.42. The van der Waals surface area contributed by atoms with Crippen molar-refractivity contribution in [3.8, 4) is 0 Å². The van der Waals surface area contributed by atoms with Gasteiger partial charge in [-0.25, -0.2) is 4.98 Å². The van der Waals surface area contributed by atoms with Gasteiger partial charge in [-0.3, -0.25) is 4.79 Å². The van der Waals surface area contributed by atoms with Crippen molar-refractivity contribution in [1.29, 1.82) is 0 Å². The fourth-order valence-corrected chi connectivity index (χ4v) is 0.894. The second kappa shape index (κ2) is 4.72. The number of pyridine rings is 1. The highest BCUT2D eigenvalue weighted by molar-refractivity contribution is 6.29. The topological polar surface area (TPSA) is 42.0 Å². The van der Waals surface area contributed by atoms with Gasteiger partial charge in [0.15, 0.2) is 0 Å². The molecule has 0 saturated heterocycles. The molecule has 14 heavy (non-hydrogen) atoms. The average molecular weight is 215 g/mol. The standard InChI is InChI=1S/C9H8ClFN2O/c1-6(10)5-13-9(14)7-3-2-4-12-8(7)11/h2-4H,1,5H2,(H,13,14). The SMILES string of the molecule is C=C(Cl)CNC(=O)c1cccnc1F. The van der Waals surface area contributed by atoms with Crippen LogP contribution in [-0.2, 0) is 0 Å². The zero-order valence-corrected chi connectivity index (χ0v) is 8.01. The van der Waals surface area contributed by atoms with Gasteiger partial charge in [0.25, 0.3) is 5.91 Å². The average Bonchev–Trinajstić information content (AvgIpc) is 2.15. The molecule has 0 spiro atoms. The summed E-state index contributed by atoms with van der Waals surface area (Å²) in [5.74, 6) is -1.36. The maximum absolute atomic E-state index is 12.9. The fourth-order valence-electron chi connectivity index (χ4n) is 0.827. The molecule has 0 aromatic carbocycles. The van der Waals surface area contributed by atoms with Crippen LogP contribution in [0, 0.1) is 5.95 Å². The quantitative estimate of drug-likeness (QED) is 0.779. The van der Waals surface area contributed by atoms with Gasteiger partial charge in [0, 0.05) is 11.2 Å². The first kappa shape index (κ1) is 10.7. The second-order valence-corrected chi connectivity index (χ2v) is 3.08. The van der Waals surface area contributed by atoms with Crippen molar-refractivity contribution in [1.82, 2.24) is 10.3 Å². The van der Waals surface area contributed by atoms with E-state index in [1.54, 1.807) is 0 Å². The molecule has 0 fully saturated rings. The minimum Gasteiger partial charge on any atom is -0.347 e. The lowest BCUT2D eigenvalue weighted by Gasteiger charge is -2.03. The molecule has 0 radical (unpaired) electrons. The summed E-state index contributed by atoms with van der Waals surface area (Å²) in [4.78, 5) is 14.6. The minimum atomic E-state index is -0.801. The van der Waals surface area contributed by atoms with E-state index in [0.29, 0.717) is 0 Å². The summed E-state index contributed by atoms with van der Waals surface area (Å²) >= 11 is 5.43. The molecule has 1 N–H and O–H groups in total. The predicted molar refractivity (Wildman–Crippen MR) is 51.5 cm³/mol. The summed E-state index contributed by atoms with van der Waals surface area (Å²) in [6.07, 6.45) is 1.27. The summed E-state index contributed by atoms with van der Waals surface area (Å²) in [6, 6.07) is 2.82. The van der Waals surface area contributed by atoms with E-state index in [-0.39, 0.29) is 17.1 Å². The zero-order chi connectivity index (χ0) is 10.6. The molecular formula is C9H8ClFN2O. The highest BCUT2D eigenvalue weighted by Crippen LogP contribution is 2.03. The Morgan fingerprint density at radius 1 is 1.71 bits per heavy atom. The Bertz CT molecular complexity index is 368. The molecule has 1 amide bonds. The van der Waals surface area contributed by atoms with E-state index in [2.05, 4.69) is 16.9 Å². The molecule has 0 aliphatic rings. The number of hydrogen-bond acceptors (Lipinski definition) is 2. The van der Waals surface area contributed by atoms with E-state index < -0.39 is 11.9 Å². The predicted octanol–water partition coefficient (Wildman–Crippen LogP) is 1.70. The van der Waals surface area contributed by atoms with Crippen LogP contribution in [0.3, 0.4) is 0 Å². The first-order valence-corrected chi connectivity index (χ1v) is 4.21. The van der Waals surface area contributed by atoms with Crippen molar-refractivity contribution in [2.45, 2.75) is 0 Å². The van der Waals surface area contributed by atoms with Crippen LogP contribution in [0.25, 0.3) is 0 Å². The molecule has 0 bridgehead atoms. The highest BCUT2D eigenvalue weighted by Gasteiger charge is 2.10. The Morgan fingerprint density at radius 3 is 3.00 bits per heavy atom. The minimum absolute atomic E-state index is 0.106. The number of rotatable bonds is 3. The molecule has 1 heterocycles. The zero-order valence-electron chi connectivity index (χ0n) is 7.26. The number of carbonyl (C=O) groups is 1. The smallest absolute Gasteiger partial charge is 0.256 e. The van der Waals surface area contributed by atoms with E-state index >= 15 is 0 Å². The van der Waals surface area contributed by atoms with Gasteiger partial charge in [0.1, 0.15) is 0 Å². The molecular weight excluding hydrogens is 207 g/mol. The fraction of sp³-hybridized carbons (Fsp3) is 0.111. The molecule has 0 unspecified atom stereocenters. The largest absolute Gasteiger partial charge is 0.347 e. The number of nitrogens with zero attached hydrogens (tertiary/aromatic N) is 1. The van der Waals surface area contributed by atoms with E-state index in [0.717, 1.165) is 0 Å². The van der Waals surface area contributed by atoms with Gasteiger partial charge in [0.2, 0.25) is 5.95 Å². The van der Waals surface area contributed by atoms with Crippen molar-refractivity contribution < 1.29 is 9.18 Å². The van der Waals surface area contributed by atoms with E-state index in [1.165, 1.54) is 18.3 Å². The monoisotopic (exact) mass is 214 g/mol. The molecule has 1 aromatic rings. The molecule has 1 aromatic heterocycles. The van der Waals surface area contributed by atoms with E-state index in [9.17, 15) is 9.18 Å². The van der Waals surface area contributed by atoms with E-state index in [1.807, 2.05) is 0 Å². The maximum atomic E-state index is 12.9. The molecule has 74 valence electrons. The summed E-state index contributed by atoms with van der Waals surface area (Å²) in [7, 11) is 0. The van der Waals surface area contributed by atoms with Gasteiger partial charge >= 0.3 is 0 Å². The van der Waals surface area contributed by atoms with Gasteiger partial charge in [0.05, 0.1) is 12.1 Å². The highest BCUT2D eigenvalue weighted by atomic mass is 35.5. The number of carbonyl (C=O) groups excluding carboxylic acids is 1. The molecule has 0 saturated carbocycles. The normalized spacial score (nSPS) is 9.57. The van der Waals surface area contributed by atoms with Crippen molar-refractivity contribution in [2.24, 2.45) is 0 Å². The van der Waals surface area contributed by atoms with Crippen LogP contribution >= 0.6 is 11.6 Å². The first-order valence-electron chi connectivity index (χ1n) is 3.83. The van der Waals surface area contributed by atoms with Crippen molar-refractivity contribution in [3.05, 3.63) is 41.5 Å². The van der Waals surface area contributed by atoms with Crippen LogP contribution in [-0.4, -0.2) is 17.4 Å². The van der Waals surface area contributed by atoms with Gasteiger partial charge < -0.3 is 5.32 Å². The molecule has 0 aliphatic carbocycles. The van der Waals surface area contributed by atoms with Gasteiger partial charge in [-0.15, -0.1) is 0 Å². The van der Waals surface area contributed by atoms with Gasteiger partial charge in [-0.1, -0.05) is 18.2 Å². The maximum Gasteiger partial charge on any atom is 0.256 e. The number of halogens is 2. The van der Waals surface area contributed by atoms with Gasteiger partial charge in [-0.05, 0) is 12.1 Å². The third-order valence-corrected chi connectivity index (χ3v) is 1.58.